The molecule has 0 spiro atoms. The molecule has 2 aromatic heterocycles. The van der Waals surface area contributed by atoms with Crippen molar-refractivity contribution in [3.8, 4) is 0 Å². The number of rotatable bonds is 4. The molecule has 6 nitrogen and oxygen atoms in total. The number of aromatic nitrogens is 3. The van der Waals surface area contributed by atoms with Gasteiger partial charge in [-0.3, -0.25) is 4.90 Å². The molecule has 19 heavy (non-hydrogen) atoms. The van der Waals surface area contributed by atoms with E-state index in [0.717, 1.165) is 37.6 Å². The molecule has 0 bridgehead atoms. The third-order valence-corrected chi connectivity index (χ3v) is 3.59. The molecule has 0 aliphatic carbocycles. The topological polar surface area (TPSA) is 48.7 Å². The molecule has 3 rings (SSSR count). The smallest absolute Gasteiger partial charge is 0.157 e. The minimum absolute atomic E-state index is 0.879. The highest BCUT2D eigenvalue weighted by Crippen LogP contribution is 2.05. The summed E-state index contributed by atoms with van der Waals surface area (Å²) in [5, 5.41) is 7.51. The van der Waals surface area contributed by atoms with Crippen LogP contribution < -0.4 is 5.32 Å². The molecule has 0 atom stereocenters. The van der Waals surface area contributed by atoms with Crippen molar-refractivity contribution in [2.24, 2.45) is 0 Å². The lowest BCUT2D eigenvalue weighted by Gasteiger charge is -2.32. The lowest BCUT2D eigenvalue weighted by atomic mass is 10.3. The zero-order valence-corrected chi connectivity index (χ0v) is 11.3. The number of hydrogen-bond acceptors (Lipinski definition) is 5. The number of nitrogens with zero attached hydrogens (tertiary/aromatic N) is 5. The van der Waals surface area contributed by atoms with Crippen molar-refractivity contribution in [1.82, 2.24) is 24.4 Å². The van der Waals surface area contributed by atoms with Crippen molar-refractivity contribution in [3.05, 3.63) is 24.5 Å². The molecular formula is C13H20N6. The molecule has 3 heterocycles. The van der Waals surface area contributed by atoms with Gasteiger partial charge in [0.05, 0.1) is 6.20 Å². The van der Waals surface area contributed by atoms with Crippen molar-refractivity contribution < 1.29 is 0 Å². The Kier molecular flexibility index (Phi) is 3.61. The number of fused-ring (bicyclic) bond motifs is 1. The van der Waals surface area contributed by atoms with Crippen LogP contribution in [0.2, 0.25) is 0 Å². The molecule has 1 fully saturated rings. The second-order valence-corrected chi connectivity index (χ2v) is 5.02. The number of hydrogen-bond donors (Lipinski definition) is 1. The van der Waals surface area contributed by atoms with Crippen molar-refractivity contribution >= 4 is 11.5 Å². The highest BCUT2D eigenvalue weighted by Gasteiger charge is 2.12. The van der Waals surface area contributed by atoms with Gasteiger partial charge in [-0.15, -0.1) is 0 Å². The van der Waals surface area contributed by atoms with E-state index in [9.17, 15) is 0 Å². The first-order valence-corrected chi connectivity index (χ1v) is 6.76. The molecule has 102 valence electrons. The van der Waals surface area contributed by atoms with E-state index in [1.54, 1.807) is 10.7 Å². The van der Waals surface area contributed by atoms with E-state index in [1.165, 1.54) is 13.1 Å². The maximum absolute atomic E-state index is 4.49. The standard InChI is InChI=1S/C13H20N6/c1-17-8-10-18(11-9-17)7-5-14-12-3-6-19-13(16-12)2-4-15-19/h2-4,6H,5,7-11H2,1H3,(H,14,16). The van der Waals surface area contributed by atoms with E-state index >= 15 is 0 Å². The number of anilines is 1. The van der Waals surface area contributed by atoms with Gasteiger partial charge in [0, 0.05) is 51.5 Å². The van der Waals surface area contributed by atoms with E-state index in [4.69, 9.17) is 0 Å². The first-order valence-electron chi connectivity index (χ1n) is 6.76. The van der Waals surface area contributed by atoms with Crippen molar-refractivity contribution in [2.45, 2.75) is 0 Å². The molecule has 0 saturated carbocycles. The van der Waals surface area contributed by atoms with Crippen molar-refractivity contribution in [2.75, 3.05) is 51.6 Å². The fourth-order valence-corrected chi connectivity index (χ4v) is 2.32. The van der Waals surface area contributed by atoms with Crippen LogP contribution in [0.15, 0.2) is 24.5 Å². The molecule has 0 unspecified atom stereocenters. The third kappa shape index (κ3) is 3.02. The van der Waals surface area contributed by atoms with Gasteiger partial charge in [0.1, 0.15) is 5.82 Å². The van der Waals surface area contributed by atoms with Gasteiger partial charge in [0.15, 0.2) is 5.65 Å². The van der Waals surface area contributed by atoms with Crippen LogP contribution in [0.25, 0.3) is 5.65 Å². The fourth-order valence-electron chi connectivity index (χ4n) is 2.32. The second-order valence-electron chi connectivity index (χ2n) is 5.02. The molecule has 1 N–H and O–H groups in total. The maximum Gasteiger partial charge on any atom is 0.157 e. The SMILES string of the molecule is CN1CCN(CCNc2ccn3nccc3n2)CC1. The van der Waals surface area contributed by atoms with Gasteiger partial charge in [-0.05, 0) is 13.1 Å². The van der Waals surface area contributed by atoms with E-state index in [1.807, 2.05) is 18.3 Å². The largest absolute Gasteiger partial charge is 0.369 e. The van der Waals surface area contributed by atoms with Crippen LogP contribution in [0, 0.1) is 0 Å². The fraction of sp³-hybridized carbons (Fsp3) is 0.538. The van der Waals surface area contributed by atoms with Crippen molar-refractivity contribution in [3.63, 3.8) is 0 Å². The van der Waals surface area contributed by atoms with Gasteiger partial charge in [-0.25, -0.2) is 9.50 Å². The zero-order chi connectivity index (χ0) is 13.1. The second kappa shape index (κ2) is 5.54. The molecule has 0 radical (unpaired) electrons. The van der Waals surface area contributed by atoms with Crippen molar-refractivity contribution in [1.29, 1.82) is 0 Å². The quantitative estimate of drug-likeness (QED) is 0.862. The maximum atomic E-state index is 4.49. The monoisotopic (exact) mass is 260 g/mol. The van der Waals surface area contributed by atoms with Crippen LogP contribution in [-0.2, 0) is 0 Å². The molecule has 6 heteroatoms. The predicted molar refractivity (Wildman–Crippen MR) is 75.4 cm³/mol. The van der Waals surface area contributed by atoms with Crippen LogP contribution in [0.4, 0.5) is 5.82 Å². The minimum Gasteiger partial charge on any atom is -0.369 e. The van der Waals surface area contributed by atoms with Gasteiger partial charge >= 0.3 is 0 Å². The summed E-state index contributed by atoms with van der Waals surface area (Å²) in [6, 6.07) is 3.87. The van der Waals surface area contributed by atoms with E-state index in [0.29, 0.717) is 0 Å². The highest BCUT2D eigenvalue weighted by molar-refractivity contribution is 5.45. The normalized spacial score (nSPS) is 17.9. The number of nitrogens with one attached hydrogen (secondary N) is 1. The van der Waals surface area contributed by atoms with E-state index in [-0.39, 0.29) is 0 Å². The number of piperazine rings is 1. The summed E-state index contributed by atoms with van der Waals surface area (Å²) in [6.45, 7) is 6.65. The Morgan fingerprint density at radius 1 is 1.21 bits per heavy atom. The Morgan fingerprint density at radius 2 is 2.05 bits per heavy atom. The van der Waals surface area contributed by atoms with Gasteiger partial charge < -0.3 is 10.2 Å². The van der Waals surface area contributed by atoms with Crippen LogP contribution in [-0.4, -0.2) is 70.7 Å². The molecule has 0 aromatic carbocycles. The first-order chi connectivity index (χ1) is 9.31. The molecule has 1 aliphatic rings. The van der Waals surface area contributed by atoms with Crippen LogP contribution in [0.5, 0.6) is 0 Å². The van der Waals surface area contributed by atoms with Crippen LogP contribution in [0.1, 0.15) is 0 Å². The first kappa shape index (κ1) is 12.4. The summed E-state index contributed by atoms with van der Waals surface area (Å²) in [5.41, 5.74) is 0.879. The zero-order valence-electron chi connectivity index (χ0n) is 11.3. The summed E-state index contributed by atoms with van der Waals surface area (Å²) in [6.07, 6.45) is 3.69. The van der Waals surface area contributed by atoms with Gasteiger partial charge in [0.2, 0.25) is 0 Å². The van der Waals surface area contributed by atoms with Gasteiger partial charge in [0.25, 0.3) is 0 Å². The lowest BCUT2D eigenvalue weighted by molar-refractivity contribution is 0.158. The molecule has 1 aliphatic heterocycles. The molecule has 0 amide bonds. The Balaban J connectivity index is 1.49. The van der Waals surface area contributed by atoms with Crippen LogP contribution >= 0.6 is 0 Å². The summed E-state index contributed by atoms with van der Waals surface area (Å²) in [5.74, 6) is 0.919. The number of likely N-dealkylation sites (N-methyl/N-ethyl adjacent to an activating group) is 1. The van der Waals surface area contributed by atoms with Crippen LogP contribution in [0.3, 0.4) is 0 Å². The van der Waals surface area contributed by atoms with E-state index < -0.39 is 0 Å². The van der Waals surface area contributed by atoms with Gasteiger partial charge in [-0.2, -0.15) is 5.10 Å². The average molecular weight is 260 g/mol. The minimum atomic E-state index is 0.879. The average Bonchev–Trinajstić information content (AvgIpc) is 2.88. The van der Waals surface area contributed by atoms with Gasteiger partial charge in [-0.1, -0.05) is 0 Å². The Morgan fingerprint density at radius 3 is 2.89 bits per heavy atom. The molecular weight excluding hydrogens is 240 g/mol. The molecule has 2 aromatic rings. The molecule has 1 saturated heterocycles. The Bertz CT molecular complexity index is 529. The Hall–Kier alpha value is -1.66. The Labute approximate surface area is 113 Å². The van der Waals surface area contributed by atoms with E-state index in [2.05, 4.69) is 32.2 Å². The lowest BCUT2D eigenvalue weighted by Crippen LogP contribution is -2.45. The summed E-state index contributed by atoms with van der Waals surface area (Å²) >= 11 is 0. The highest BCUT2D eigenvalue weighted by atomic mass is 15.3. The summed E-state index contributed by atoms with van der Waals surface area (Å²) < 4.78 is 1.77. The predicted octanol–water partition coefficient (Wildman–Crippen LogP) is 0.389. The summed E-state index contributed by atoms with van der Waals surface area (Å²) in [7, 11) is 2.18. The summed E-state index contributed by atoms with van der Waals surface area (Å²) in [4.78, 5) is 9.36. The third-order valence-electron chi connectivity index (χ3n) is 3.59.